The number of halogens is 1. The predicted octanol–water partition coefficient (Wildman–Crippen LogP) is 3.80. The first-order valence-electron chi connectivity index (χ1n) is 11.1. The molecular weight excluding hydrogens is 523 g/mol. The molecule has 1 heterocycles. The van der Waals surface area contributed by atoms with Crippen LogP contribution in [0.2, 0.25) is 0 Å². The van der Waals surface area contributed by atoms with E-state index in [-0.39, 0.29) is 42.0 Å². The summed E-state index contributed by atoms with van der Waals surface area (Å²) < 4.78 is 17.1. The van der Waals surface area contributed by atoms with Crippen LogP contribution in [0.3, 0.4) is 0 Å². The number of ether oxygens (including phenoxy) is 3. The number of carbonyl (C=O) groups is 1. The average molecular weight is 562 g/mol. The summed E-state index contributed by atoms with van der Waals surface area (Å²) in [6.07, 6.45) is 1.88. The molecule has 8 nitrogen and oxygen atoms in total. The quantitative estimate of drug-likeness (QED) is 0.184. The second kappa shape index (κ2) is 14.4. The molecule has 32 heavy (non-hydrogen) atoms. The number of nitrogens with zero attached hydrogens (tertiary/aromatic N) is 1. The number of hydrogen-bond donors (Lipinski definition) is 3. The van der Waals surface area contributed by atoms with Gasteiger partial charge in [0, 0.05) is 36.9 Å². The van der Waals surface area contributed by atoms with Crippen molar-refractivity contribution in [2.24, 2.45) is 10.9 Å². The van der Waals surface area contributed by atoms with Crippen LogP contribution in [-0.4, -0.2) is 56.9 Å². The van der Waals surface area contributed by atoms with E-state index in [0.29, 0.717) is 44.0 Å². The molecular formula is C23H39IN4O4. The highest BCUT2D eigenvalue weighted by Gasteiger charge is 2.14. The number of nitrogens with one attached hydrogen (secondary N) is 3. The third-order valence-electron chi connectivity index (χ3n) is 4.28. The Labute approximate surface area is 209 Å². The van der Waals surface area contributed by atoms with E-state index in [1.54, 1.807) is 0 Å². The number of carbonyl (C=O) groups excluding carboxylic acids is 1. The predicted molar refractivity (Wildman–Crippen MR) is 140 cm³/mol. The molecule has 0 aliphatic carbocycles. The highest BCUT2D eigenvalue weighted by atomic mass is 127. The van der Waals surface area contributed by atoms with Gasteiger partial charge >= 0.3 is 0 Å². The molecule has 0 saturated carbocycles. The normalized spacial score (nSPS) is 13.8. The highest BCUT2D eigenvalue weighted by Crippen LogP contribution is 2.32. The molecule has 0 aromatic heterocycles. The Morgan fingerprint density at radius 2 is 1.88 bits per heavy atom. The van der Waals surface area contributed by atoms with E-state index in [2.05, 4.69) is 34.8 Å². The molecule has 1 aliphatic heterocycles. The fourth-order valence-electron chi connectivity index (χ4n) is 2.79. The van der Waals surface area contributed by atoms with Gasteiger partial charge in [-0.1, -0.05) is 13.8 Å². The van der Waals surface area contributed by atoms with Crippen molar-refractivity contribution in [3.8, 4) is 11.5 Å². The van der Waals surface area contributed by atoms with Crippen LogP contribution in [0.15, 0.2) is 23.2 Å². The lowest BCUT2D eigenvalue weighted by atomic mass is 10.1. The topological polar surface area (TPSA) is 93.2 Å². The second-order valence-corrected chi connectivity index (χ2v) is 9.02. The van der Waals surface area contributed by atoms with E-state index >= 15 is 0 Å². The number of anilines is 1. The molecule has 0 saturated heterocycles. The van der Waals surface area contributed by atoms with Crippen molar-refractivity contribution in [3.05, 3.63) is 18.2 Å². The first kappa shape index (κ1) is 28.3. The number of guanidine groups is 1. The molecule has 3 N–H and O–H groups in total. The fourth-order valence-corrected chi connectivity index (χ4v) is 2.79. The third kappa shape index (κ3) is 11.8. The number of aliphatic imine (C=N–C) groups is 1. The molecule has 1 amide bonds. The van der Waals surface area contributed by atoms with Crippen LogP contribution in [0.25, 0.3) is 0 Å². The SMILES string of the molecule is CC(C)CCOCCNC(=NCC(=O)NC(C)(C)C)Nc1ccc2c(c1)OCCCO2.I. The van der Waals surface area contributed by atoms with Gasteiger partial charge in [-0.15, -0.1) is 24.0 Å². The van der Waals surface area contributed by atoms with E-state index in [9.17, 15) is 4.79 Å². The summed E-state index contributed by atoms with van der Waals surface area (Å²) >= 11 is 0. The van der Waals surface area contributed by atoms with Crippen LogP contribution in [-0.2, 0) is 9.53 Å². The first-order valence-corrected chi connectivity index (χ1v) is 11.1. The monoisotopic (exact) mass is 562 g/mol. The minimum atomic E-state index is -0.299. The van der Waals surface area contributed by atoms with Crippen molar-refractivity contribution in [1.82, 2.24) is 10.6 Å². The molecule has 2 rings (SSSR count). The zero-order valence-corrected chi connectivity index (χ0v) is 22.3. The molecule has 1 aliphatic rings. The average Bonchev–Trinajstić information content (AvgIpc) is 2.92. The Kier molecular flexibility index (Phi) is 12.7. The Morgan fingerprint density at radius 1 is 1.16 bits per heavy atom. The molecule has 0 atom stereocenters. The van der Waals surface area contributed by atoms with E-state index < -0.39 is 0 Å². The van der Waals surface area contributed by atoms with Gasteiger partial charge in [-0.2, -0.15) is 0 Å². The molecule has 0 fully saturated rings. The van der Waals surface area contributed by atoms with Crippen molar-refractivity contribution in [1.29, 1.82) is 0 Å². The minimum absolute atomic E-state index is 0. The number of fused-ring (bicyclic) bond motifs is 1. The van der Waals surface area contributed by atoms with Gasteiger partial charge < -0.3 is 30.2 Å². The largest absolute Gasteiger partial charge is 0.490 e. The molecule has 0 bridgehead atoms. The summed E-state index contributed by atoms with van der Waals surface area (Å²) in [4.78, 5) is 16.6. The van der Waals surface area contributed by atoms with Crippen LogP contribution in [0.4, 0.5) is 5.69 Å². The van der Waals surface area contributed by atoms with Crippen molar-refractivity contribution >= 4 is 41.5 Å². The van der Waals surface area contributed by atoms with Gasteiger partial charge in [0.05, 0.1) is 19.8 Å². The number of amides is 1. The maximum absolute atomic E-state index is 12.2. The lowest BCUT2D eigenvalue weighted by Crippen LogP contribution is -2.42. The third-order valence-corrected chi connectivity index (χ3v) is 4.28. The Hall–Kier alpha value is -1.75. The number of benzene rings is 1. The Balaban J connectivity index is 0.00000512. The van der Waals surface area contributed by atoms with E-state index in [1.807, 2.05) is 39.0 Å². The maximum atomic E-state index is 12.2. The molecule has 0 spiro atoms. The fraction of sp³-hybridized carbons (Fsp3) is 0.652. The van der Waals surface area contributed by atoms with E-state index in [0.717, 1.165) is 30.9 Å². The van der Waals surface area contributed by atoms with Gasteiger partial charge in [0.25, 0.3) is 0 Å². The smallest absolute Gasteiger partial charge is 0.242 e. The van der Waals surface area contributed by atoms with Gasteiger partial charge in [0.15, 0.2) is 17.5 Å². The Morgan fingerprint density at radius 3 is 2.56 bits per heavy atom. The van der Waals surface area contributed by atoms with Crippen LogP contribution in [0, 0.1) is 5.92 Å². The van der Waals surface area contributed by atoms with Crippen LogP contribution < -0.4 is 25.4 Å². The van der Waals surface area contributed by atoms with Crippen molar-refractivity contribution in [2.75, 3.05) is 44.8 Å². The zero-order chi connectivity index (χ0) is 22.7. The maximum Gasteiger partial charge on any atom is 0.242 e. The molecule has 0 unspecified atom stereocenters. The van der Waals surface area contributed by atoms with Crippen LogP contribution in [0.1, 0.15) is 47.5 Å². The second-order valence-electron chi connectivity index (χ2n) is 9.02. The lowest BCUT2D eigenvalue weighted by Gasteiger charge is -2.20. The van der Waals surface area contributed by atoms with E-state index in [1.165, 1.54) is 0 Å². The number of rotatable bonds is 9. The van der Waals surface area contributed by atoms with Gasteiger partial charge in [-0.25, -0.2) is 4.99 Å². The zero-order valence-electron chi connectivity index (χ0n) is 20.0. The van der Waals surface area contributed by atoms with Gasteiger partial charge in [-0.3, -0.25) is 4.79 Å². The van der Waals surface area contributed by atoms with Gasteiger partial charge in [0.2, 0.25) is 5.91 Å². The highest BCUT2D eigenvalue weighted by molar-refractivity contribution is 14.0. The summed E-state index contributed by atoms with van der Waals surface area (Å²) in [5.74, 6) is 2.42. The van der Waals surface area contributed by atoms with Gasteiger partial charge in [0.1, 0.15) is 6.54 Å². The summed E-state index contributed by atoms with van der Waals surface area (Å²) in [6, 6.07) is 5.66. The van der Waals surface area contributed by atoms with E-state index in [4.69, 9.17) is 14.2 Å². The van der Waals surface area contributed by atoms with Crippen LogP contribution >= 0.6 is 24.0 Å². The molecule has 1 aromatic rings. The van der Waals surface area contributed by atoms with Crippen molar-refractivity contribution < 1.29 is 19.0 Å². The summed E-state index contributed by atoms with van der Waals surface area (Å²) in [7, 11) is 0. The molecule has 0 radical (unpaired) electrons. The summed E-state index contributed by atoms with van der Waals surface area (Å²) in [5.41, 5.74) is 0.499. The summed E-state index contributed by atoms with van der Waals surface area (Å²) in [5, 5.41) is 9.39. The summed E-state index contributed by atoms with van der Waals surface area (Å²) in [6.45, 7) is 13.3. The molecule has 1 aromatic carbocycles. The minimum Gasteiger partial charge on any atom is -0.490 e. The first-order chi connectivity index (χ1) is 14.7. The van der Waals surface area contributed by atoms with Crippen LogP contribution in [0.5, 0.6) is 11.5 Å². The molecule has 9 heteroatoms. The number of hydrogen-bond acceptors (Lipinski definition) is 5. The van der Waals surface area contributed by atoms with Crippen molar-refractivity contribution in [2.45, 2.75) is 53.0 Å². The molecule has 182 valence electrons. The standard InChI is InChI=1S/C23H38N4O4.HI/c1-17(2)9-13-29-14-10-24-22(25-16-21(28)27-23(3,4)5)26-18-7-8-19-20(15-18)31-12-6-11-30-19;/h7-8,15,17H,6,9-14,16H2,1-5H3,(H,27,28)(H2,24,25,26);1H. The lowest BCUT2D eigenvalue weighted by molar-refractivity contribution is -0.121. The Bertz CT molecular complexity index is 735. The van der Waals surface area contributed by atoms with Crippen molar-refractivity contribution in [3.63, 3.8) is 0 Å². The van der Waals surface area contributed by atoms with Gasteiger partial charge in [-0.05, 0) is 45.2 Å².